The lowest BCUT2D eigenvalue weighted by atomic mass is 10.0. The van der Waals surface area contributed by atoms with Crippen LogP contribution in [0.5, 0.6) is 11.6 Å². The fourth-order valence-electron chi connectivity index (χ4n) is 3.73. The number of anilines is 1. The highest BCUT2D eigenvalue weighted by molar-refractivity contribution is 6.06. The van der Waals surface area contributed by atoms with Gasteiger partial charge in [0, 0.05) is 35.6 Å². The van der Waals surface area contributed by atoms with E-state index in [2.05, 4.69) is 20.3 Å². The van der Waals surface area contributed by atoms with Gasteiger partial charge in [-0.2, -0.15) is 13.2 Å². The number of benzene rings is 2. The van der Waals surface area contributed by atoms with Crippen LogP contribution in [-0.2, 0) is 12.6 Å². The van der Waals surface area contributed by atoms with Crippen molar-refractivity contribution in [2.75, 3.05) is 5.32 Å². The van der Waals surface area contributed by atoms with Crippen LogP contribution in [0.3, 0.4) is 0 Å². The van der Waals surface area contributed by atoms with Gasteiger partial charge in [0.05, 0.1) is 16.8 Å². The van der Waals surface area contributed by atoms with Gasteiger partial charge in [-0.25, -0.2) is 15.0 Å². The van der Waals surface area contributed by atoms with Crippen LogP contribution in [0, 0.1) is 13.8 Å². The third kappa shape index (κ3) is 5.19. The summed E-state index contributed by atoms with van der Waals surface area (Å²) in [5, 5.41) is 2.59. The van der Waals surface area contributed by atoms with Gasteiger partial charge in [0.2, 0.25) is 5.88 Å². The zero-order valence-electron chi connectivity index (χ0n) is 19.8. The number of rotatable bonds is 6. The molecule has 0 radical (unpaired) electrons. The Morgan fingerprint density at radius 2 is 1.72 bits per heavy atom. The van der Waals surface area contributed by atoms with E-state index in [9.17, 15) is 18.0 Å². The number of aryl methyl sites for hydroxylation is 1. The number of hydrogen-bond donors (Lipinski definition) is 1. The Kier molecular flexibility index (Phi) is 7.00. The van der Waals surface area contributed by atoms with Crippen molar-refractivity contribution in [3.8, 4) is 22.9 Å². The highest BCUT2D eigenvalue weighted by Gasteiger charge is 2.33. The number of nitrogens with zero attached hydrogens (tertiary/aromatic N) is 3. The second kappa shape index (κ2) is 10.2. The number of halogens is 3. The number of nitrogens with one attached hydrogen (secondary N) is 1. The molecule has 0 saturated heterocycles. The van der Waals surface area contributed by atoms with E-state index in [1.54, 1.807) is 49.6 Å². The molecular weight excluding hydrogens is 469 g/mol. The molecule has 2 heterocycles. The minimum Gasteiger partial charge on any atom is -0.438 e. The Bertz CT molecular complexity index is 1420. The topological polar surface area (TPSA) is 77.0 Å². The molecule has 2 aromatic carbocycles. The molecule has 0 bridgehead atoms. The lowest BCUT2D eigenvalue weighted by Crippen LogP contribution is -2.16. The molecule has 0 saturated carbocycles. The van der Waals surface area contributed by atoms with Crippen LogP contribution in [0.25, 0.3) is 11.3 Å². The highest BCUT2D eigenvalue weighted by atomic mass is 19.4. The maximum absolute atomic E-state index is 13.3. The van der Waals surface area contributed by atoms with Crippen LogP contribution in [0.2, 0.25) is 0 Å². The van der Waals surface area contributed by atoms with E-state index in [-0.39, 0.29) is 16.8 Å². The van der Waals surface area contributed by atoms with Crippen LogP contribution >= 0.6 is 0 Å². The zero-order chi connectivity index (χ0) is 25.9. The Labute approximate surface area is 206 Å². The Morgan fingerprint density at radius 3 is 2.47 bits per heavy atom. The van der Waals surface area contributed by atoms with Crippen molar-refractivity contribution in [1.29, 1.82) is 0 Å². The van der Waals surface area contributed by atoms with Gasteiger partial charge in [-0.1, -0.05) is 19.1 Å². The smallest absolute Gasteiger partial charge is 0.416 e. The van der Waals surface area contributed by atoms with E-state index in [0.29, 0.717) is 40.7 Å². The highest BCUT2D eigenvalue weighted by Crippen LogP contribution is 2.35. The summed E-state index contributed by atoms with van der Waals surface area (Å²) in [5.41, 5.74) is 1.30. The zero-order valence-corrected chi connectivity index (χ0v) is 19.8. The molecule has 9 heteroatoms. The third-order valence-electron chi connectivity index (χ3n) is 5.69. The molecule has 0 atom stereocenters. The lowest BCUT2D eigenvalue weighted by Gasteiger charge is -2.16. The summed E-state index contributed by atoms with van der Waals surface area (Å²) in [6, 6.07) is 13.9. The van der Waals surface area contributed by atoms with Crippen molar-refractivity contribution < 1.29 is 22.7 Å². The van der Waals surface area contributed by atoms with Gasteiger partial charge >= 0.3 is 6.18 Å². The number of pyridine rings is 1. The summed E-state index contributed by atoms with van der Waals surface area (Å²) < 4.78 is 45.9. The van der Waals surface area contributed by atoms with E-state index in [1.165, 1.54) is 19.1 Å². The van der Waals surface area contributed by atoms with Crippen molar-refractivity contribution in [1.82, 2.24) is 15.0 Å². The first kappa shape index (κ1) is 24.8. The molecule has 36 heavy (non-hydrogen) atoms. The molecule has 184 valence electrons. The molecule has 0 unspecified atom stereocenters. The molecule has 2 aromatic heterocycles. The maximum atomic E-state index is 13.3. The van der Waals surface area contributed by atoms with Crippen LogP contribution in [0.1, 0.15) is 39.8 Å². The first-order chi connectivity index (χ1) is 17.2. The number of aromatic nitrogens is 3. The second-order valence-corrected chi connectivity index (χ2v) is 8.03. The van der Waals surface area contributed by atoms with Gasteiger partial charge in [-0.3, -0.25) is 4.79 Å². The molecule has 4 rings (SSSR count). The predicted octanol–water partition coefficient (Wildman–Crippen LogP) is 6.78. The summed E-state index contributed by atoms with van der Waals surface area (Å²) in [5.74, 6) is 0.813. The van der Waals surface area contributed by atoms with E-state index in [1.807, 2.05) is 13.0 Å². The molecule has 0 fully saturated rings. The van der Waals surface area contributed by atoms with Gasteiger partial charge in [-0.05, 0) is 61.9 Å². The van der Waals surface area contributed by atoms with Crippen LogP contribution in [0.4, 0.5) is 18.9 Å². The number of ether oxygens (including phenoxy) is 1. The number of hydrogen-bond acceptors (Lipinski definition) is 5. The van der Waals surface area contributed by atoms with Gasteiger partial charge < -0.3 is 10.1 Å². The Hall–Kier alpha value is -4.27. The van der Waals surface area contributed by atoms with E-state index in [4.69, 9.17) is 4.74 Å². The largest absolute Gasteiger partial charge is 0.438 e. The predicted molar refractivity (Wildman–Crippen MR) is 130 cm³/mol. The molecular formula is C27H23F3N4O2. The van der Waals surface area contributed by atoms with Crippen molar-refractivity contribution in [3.63, 3.8) is 0 Å². The molecule has 1 N–H and O–H groups in total. The minimum absolute atomic E-state index is 0.0576. The van der Waals surface area contributed by atoms with Crippen molar-refractivity contribution in [2.24, 2.45) is 0 Å². The summed E-state index contributed by atoms with van der Waals surface area (Å²) >= 11 is 0. The Balaban J connectivity index is 1.63. The first-order valence-electron chi connectivity index (χ1n) is 11.2. The monoisotopic (exact) mass is 492 g/mol. The fraction of sp³-hybridized carbons (Fsp3) is 0.185. The summed E-state index contributed by atoms with van der Waals surface area (Å²) in [6.07, 6.45) is -0.588. The molecule has 0 aliphatic carbocycles. The minimum atomic E-state index is -4.52. The van der Waals surface area contributed by atoms with Gasteiger partial charge in [0.25, 0.3) is 5.91 Å². The van der Waals surface area contributed by atoms with Gasteiger partial charge in [-0.15, -0.1) is 0 Å². The molecule has 0 aliphatic heterocycles. The van der Waals surface area contributed by atoms with Gasteiger partial charge in [0.1, 0.15) is 11.6 Å². The molecule has 4 aromatic rings. The van der Waals surface area contributed by atoms with Crippen LogP contribution < -0.4 is 10.1 Å². The molecule has 0 aliphatic rings. The number of carbonyl (C=O) groups is 1. The quantitative estimate of drug-likeness (QED) is 0.321. The van der Waals surface area contributed by atoms with Crippen molar-refractivity contribution in [3.05, 3.63) is 95.1 Å². The van der Waals surface area contributed by atoms with Crippen molar-refractivity contribution >= 4 is 11.6 Å². The normalized spacial score (nSPS) is 11.3. The summed E-state index contributed by atoms with van der Waals surface area (Å²) in [6.45, 7) is 4.98. The van der Waals surface area contributed by atoms with E-state index in [0.717, 1.165) is 6.07 Å². The molecule has 6 nitrogen and oxygen atoms in total. The number of alkyl halides is 3. The lowest BCUT2D eigenvalue weighted by molar-refractivity contribution is -0.138. The van der Waals surface area contributed by atoms with E-state index >= 15 is 0 Å². The van der Waals surface area contributed by atoms with Gasteiger partial charge in [0.15, 0.2) is 0 Å². The maximum Gasteiger partial charge on any atom is 0.416 e. The Morgan fingerprint density at radius 1 is 0.944 bits per heavy atom. The SMILES string of the molecule is CCc1nccc(-c2cccnc2Oc2cccc(C(=O)Nc3cccc(C(F)(F)F)c3C)c2C)n1. The van der Waals surface area contributed by atoms with Crippen LogP contribution in [0.15, 0.2) is 67.0 Å². The standard InChI is InChI=1S/C27H23F3N4O2/c1-4-24-31-15-13-22(33-24)19-9-7-14-32-26(19)36-23-12-5-8-18(16(23)2)25(35)34-21-11-6-10-20(17(21)3)27(28,29)30/h5-15H,4H2,1-3H3,(H,34,35). The fourth-order valence-corrected chi connectivity index (χ4v) is 3.73. The third-order valence-corrected chi connectivity index (χ3v) is 5.69. The molecule has 1 amide bonds. The average Bonchev–Trinajstić information content (AvgIpc) is 2.86. The molecule has 0 spiro atoms. The van der Waals surface area contributed by atoms with E-state index < -0.39 is 17.6 Å². The van der Waals surface area contributed by atoms with Crippen LogP contribution in [-0.4, -0.2) is 20.9 Å². The average molecular weight is 493 g/mol. The number of amides is 1. The summed E-state index contributed by atoms with van der Waals surface area (Å²) in [4.78, 5) is 26.1. The van der Waals surface area contributed by atoms with Crippen molar-refractivity contribution in [2.45, 2.75) is 33.4 Å². The summed E-state index contributed by atoms with van der Waals surface area (Å²) in [7, 11) is 0. The number of carbonyl (C=O) groups excluding carboxylic acids is 1. The second-order valence-electron chi connectivity index (χ2n) is 8.03. The first-order valence-corrected chi connectivity index (χ1v) is 11.2.